The number of aryl methyl sites for hydroxylation is 4. The molecule has 3 heterocycles. The van der Waals surface area contributed by atoms with Gasteiger partial charge in [-0.25, -0.2) is 14.8 Å². The molecule has 24 heavy (non-hydrogen) atoms. The number of thiophene rings is 1. The summed E-state index contributed by atoms with van der Waals surface area (Å²) in [6, 6.07) is 1.74. The zero-order chi connectivity index (χ0) is 17.4. The highest BCUT2D eigenvalue weighted by Crippen LogP contribution is 2.36. The van der Waals surface area contributed by atoms with Gasteiger partial charge < -0.3 is 9.15 Å². The van der Waals surface area contributed by atoms with E-state index in [1.54, 1.807) is 36.1 Å². The maximum Gasteiger partial charge on any atom is 0.341 e. The highest BCUT2D eigenvalue weighted by molar-refractivity contribution is 7.98. The van der Waals surface area contributed by atoms with Crippen molar-refractivity contribution in [2.45, 2.75) is 38.5 Å². The molecule has 3 aromatic rings. The Balaban J connectivity index is 1.90. The molecule has 3 rings (SSSR count). The van der Waals surface area contributed by atoms with Gasteiger partial charge in [-0.1, -0.05) is 11.8 Å². The molecule has 0 N–H and O–H groups in total. The van der Waals surface area contributed by atoms with Gasteiger partial charge in [0, 0.05) is 10.3 Å². The number of esters is 1. The average Bonchev–Trinajstić information content (AvgIpc) is 3.04. The number of rotatable bonds is 4. The average molecular weight is 362 g/mol. The number of furan rings is 1. The molecule has 0 aromatic carbocycles. The van der Waals surface area contributed by atoms with Crippen molar-refractivity contribution in [3.63, 3.8) is 0 Å². The number of carbonyl (C=O) groups excluding carboxylic acids is 1. The molecule has 7 heteroatoms. The zero-order valence-electron chi connectivity index (χ0n) is 14.2. The van der Waals surface area contributed by atoms with Gasteiger partial charge in [0.2, 0.25) is 0 Å². The van der Waals surface area contributed by atoms with E-state index in [2.05, 4.69) is 23.8 Å². The third-order valence-corrected chi connectivity index (χ3v) is 5.93. The SMILES string of the molecule is COC(=O)c1cc(CSc2nc(C)nc3sc(C)c(C)c23)oc1C. The van der Waals surface area contributed by atoms with Crippen LogP contribution in [0.15, 0.2) is 15.5 Å². The van der Waals surface area contributed by atoms with Crippen molar-refractivity contribution in [2.75, 3.05) is 7.11 Å². The number of hydrogen-bond acceptors (Lipinski definition) is 7. The smallest absolute Gasteiger partial charge is 0.341 e. The van der Waals surface area contributed by atoms with E-state index in [1.807, 2.05) is 6.92 Å². The maximum atomic E-state index is 11.7. The number of aromatic nitrogens is 2. The van der Waals surface area contributed by atoms with E-state index in [0.29, 0.717) is 17.1 Å². The fourth-order valence-electron chi connectivity index (χ4n) is 2.49. The Labute approximate surface area is 148 Å². The predicted molar refractivity (Wildman–Crippen MR) is 96.0 cm³/mol. The van der Waals surface area contributed by atoms with Crippen molar-refractivity contribution >= 4 is 39.3 Å². The number of fused-ring (bicyclic) bond motifs is 1. The van der Waals surface area contributed by atoms with Crippen molar-refractivity contribution in [2.24, 2.45) is 0 Å². The van der Waals surface area contributed by atoms with E-state index < -0.39 is 0 Å². The molecule has 126 valence electrons. The molecular weight excluding hydrogens is 344 g/mol. The predicted octanol–water partition coefficient (Wildman–Crippen LogP) is 4.60. The van der Waals surface area contributed by atoms with Crippen LogP contribution in [-0.2, 0) is 10.5 Å². The molecule has 0 fully saturated rings. The summed E-state index contributed by atoms with van der Waals surface area (Å²) in [6.07, 6.45) is 0. The third-order valence-electron chi connectivity index (χ3n) is 3.83. The lowest BCUT2D eigenvalue weighted by molar-refractivity contribution is 0.0599. The topological polar surface area (TPSA) is 65.2 Å². The third kappa shape index (κ3) is 3.06. The van der Waals surface area contributed by atoms with Crippen molar-refractivity contribution in [1.29, 1.82) is 0 Å². The molecule has 0 aliphatic rings. The summed E-state index contributed by atoms with van der Waals surface area (Å²) in [6.45, 7) is 7.87. The van der Waals surface area contributed by atoms with Gasteiger partial charge in [-0.15, -0.1) is 11.3 Å². The van der Waals surface area contributed by atoms with Crippen molar-refractivity contribution < 1.29 is 13.9 Å². The van der Waals surface area contributed by atoms with Crippen LogP contribution in [0.25, 0.3) is 10.2 Å². The molecular formula is C17H18N2O3S2. The van der Waals surface area contributed by atoms with Crippen LogP contribution in [0.1, 0.15) is 38.1 Å². The molecule has 0 spiro atoms. The van der Waals surface area contributed by atoms with Crippen LogP contribution < -0.4 is 0 Å². The number of thioether (sulfide) groups is 1. The number of ether oxygens (including phenoxy) is 1. The van der Waals surface area contributed by atoms with Crippen molar-refractivity contribution in [3.05, 3.63) is 39.4 Å². The Morgan fingerprint density at radius 3 is 2.75 bits per heavy atom. The van der Waals surface area contributed by atoms with E-state index in [9.17, 15) is 4.79 Å². The molecule has 0 saturated heterocycles. The van der Waals surface area contributed by atoms with Gasteiger partial charge in [0.1, 0.15) is 32.8 Å². The molecule has 0 aliphatic carbocycles. The summed E-state index contributed by atoms with van der Waals surface area (Å²) >= 11 is 3.29. The second-order valence-corrected chi connectivity index (χ2v) is 7.67. The minimum Gasteiger partial charge on any atom is -0.465 e. The van der Waals surface area contributed by atoms with E-state index in [1.165, 1.54) is 17.6 Å². The molecule has 0 amide bonds. The lowest BCUT2D eigenvalue weighted by Crippen LogP contribution is -2.00. The molecule has 0 atom stereocenters. The molecule has 0 bridgehead atoms. The summed E-state index contributed by atoms with van der Waals surface area (Å²) in [7, 11) is 1.37. The summed E-state index contributed by atoms with van der Waals surface area (Å²) in [5.41, 5.74) is 1.70. The highest BCUT2D eigenvalue weighted by Gasteiger charge is 2.17. The Bertz CT molecular complexity index is 928. The molecule has 0 unspecified atom stereocenters. The quantitative estimate of drug-likeness (QED) is 0.384. The largest absolute Gasteiger partial charge is 0.465 e. The summed E-state index contributed by atoms with van der Waals surface area (Å²) < 4.78 is 10.4. The Kier molecular flexibility index (Phi) is 4.64. The number of hydrogen-bond donors (Lipinski definition) is 0. The van der Waals surface area contributed by atoms with Crippen molar-refractivity contribution in [3.8, 4) is 0 Å². The van der Waals surface area contributed by atoms with Crippen LogP contribution in [0.3, 0.4) is 0 Å². The monoisotopic (exact) mass is 362 g/mol. The molecule has 0 radical (unpaired) electrons. The van der Waals surface area contributed by atoms with E-state index in [0.717, 1.165) is 26.8 Å². The standard InChI is InChI=1S/C17H18N2O3S2/c1-8-10(3)24-16-14(8)15(18-11(4)19-16)23-7-12-6-13(9(2)22-12)17(20)21-5/h6H,7H2,1-5H3. The second-order valence-electron chi connectivity index (χ2n) is 5.50. The van der Waals surface area contributed by atoms with Crippen LogP contribution in [0.5, 0.6) is 0 Å². The first-order valence-corrected chi connectivity index (χ1v) is 9.25. The number of nitrogens with zero attached hydrogens (tertiary/aromatic N) is 2. The maximum absolute atomic E-state index is 11.7. The Morgan fingerprint density at radius 1 is 1.29 bits per heavy atom. The van der Waals surface area contributed by atoms with Crippen LogP contribution in [0.4, 0.5) is 0 Å². The Morgan fingerprint density at radius 2 is 2.04 bits per heavy atom. The van der Waals surface area contributed by atoms with Gasteiger partial charge in [0.25, 0.3) is 0 Å². The fraction of sp³-hybridized carbons (Fsp3) is 0.353. The van der Waals surface area contributed by atoms with Gasteiger partial charge in [-0.05, 0) is 39.3 Å². The van der Waals surface area contributed by atoms with Gasteiger partial charge in [0.05, 0.1) is 12.9 Å². The van der Waals surface area contributed by atoms with E-state index in [-0.39, 0.29) is 5.97 Å². The first kappa shape index (κ1) is 17.0. The van der Waals surface area contributed by atoms with Crippen LogP contribution in [0.2, 0.25) is 0 Å². The minimum absolute atomic E-state index is 0.378. The number of methoxy groups -OCH3 is 1. The normalized spacial score (nSPS) is 11.2. The summed E-state index contributed by atoms with van der Waals surface area (Å²) in [5, 5.41) is 2.07. The highest BCUT2D eigenvalue weighted by atomic mass is 32.2. The molecule has 0 saturated carbocycles. The zero-order valence-corrected chi connectivity index (χ0v) is 15.9. The van der Waals surface area contributed by atoms with E-state index in [4.69, 9.17) is 9.15 Å². The lowest BCUT2D eigenvalue weighted by atomic mass is 10.2. The second kappa shape index (κ2) is 6.57. The number of carbonyl (C=O) groups is 1. The van der Waals surface area contributed by atoms with Crippen LogP contribution >= 0.6 is 23.1 Å². The van der Waals surface area contributed by atoms with E-state index >= 15 is 0 Å². The summed E-state index contributed by atoms with van der Waals surface area (Å²) in [5.74, 6) is 2.28. The van der Waals surface area contributed by atoms with Crippen LogP contribution in [0, 0.1) is 27.7 Å². The van der Waals surface area contributed by atoms with Gasteiger partial charge in [0.15, 0.2) is 0 Å². The lowest BCUT2D eigenvalue weighted by Gasteiger charge is -2.04. The molecule has 0 aliphatic heterocycles. The minimum atomic E-state index is -0.378. The Hall–Kier alpha value is -1.86. The van der Waals surface area contributed by atoms with Gasteiger partial charge in [-0.2, -0.15) is 0 Å². The van der Waals surface area contributed by atoms with Crippen molar-refractivity contribution in [1.82, 2.24) is 9.97 Å². The first-order chi connectivity index (χ1) is 11.4. The van der Waals surface area contributed by atoms with Crippen LogP contribution in [-0.4, -0.2) is 23.0 Å². The molecule has 3 aromatic heterocycles. The van der Waals surface area contributed by atoms with Gasteiger partial charge in [-0.3, -0.25) is 0 Å². The van der Waals surface area contributed by atoms with Gasteiger partial charge >= 0.3 is 5.97 Å². The first-order valence-electron chi connectivity index (χ1n) is 7.45. The summed E-state index contributed by atoms with van der Waals surface area (Å²) in [4.78, 5) is 23.1. The fourth-order valence-corrected chi connectivity index (χ4v) is 4.64. The molecule has 5 nitrogen and oxygen atoms in total.